The fraction of sp³-hybridized carbons (Fsp3) is 0.500. The summed E-state index contributed by atoms with van der Waals surface area (Å²) in [5, 5.41) is 7.84. The lowest BCUT2D eigenvalue weighted by molar-refractivity contribution is 0.458. The van der Waals surface area contributed by atoms with E-state index in [0.29, 0.717) is 6.04 Å². The quantitative estimate of drug-likeness (QED) is 0.818. The van der Waals surface area contributed by atoms with Gasteiger partial charge in [0.25, 0.3) is 0 Å². The molecule has 0 saturated heterocycles. The molecule has 2 aromatic heterocycles. The molecule has 1 unspecified atom stereocenters. The average Bonchev–Trinajstić information content (AvgIpc) is 3.05. The Morgan fingerprint density at radius 3 is 2.94 bits per heavy atom. The molecule has 0 saturated carbocycles. The van der Waals surface area contributed by atoms with Gasteiger partial charge in [-0.15, -0.1) is 0 Å². The molecule has 0 amide bonds. The van der Waals surface area contributed by atoms with Crippen molar-refractivity contribution in [1.82, 2.24) is 15.1 Å². The number of furan rings is 1. The lowest BCUT2D eigenvalue weighted by Crippen LogP contribution is -2.21. The van der Waals surface area contributed by atoms with Crippen molar-refractivity contribution in [2.45, 2.75) is 39.3 Å². The van der Waals surface area contributed by atoms with Gasteiger partial charge in [0.15, 0.2) is 0 Å². The fourth-order valence-electron chi connectivity index (χ4n) is 2.11. The highest BCUT2D eigenvalue weighted by Gasteiger charge is 2.13. The van der Waals surface area contributed by atoms with Crippen LogP contribution in [0.3, 0.4) is 0 Å². The van der Waals surface area contributed by atoms with Crippen LogP contribution in [-0.2, 0) is 13.0 Å². The van der Waals surface area contributed by atoms with Crippen LogP contribution in [0.5, 0.6) is 0 Å². The Kier molecular flexibility index (Phi) is 4.59. The minimum absolute atomic E-state index is 0.348. The van der Waals surface area contributed by atoms with Crippen LogP contribution in [0.25, 0.3) is 0 Å². The lowest BCUT2D eigenvalue weighted by atomic mass is 10.0. The second-order valence-corrected chi connectivity index (χ2v) is 4.36. The molecule has 18 heavy (non-hydrogen) atoms. The van der Waals surface area contributed by atoms with Gasteiger partial charge in [-0.05, 0) is 32.0 Å². The van der Waals surface area contributed by atoms with Gasteiger partial charge in [-0.1, -0.05) is 6.92 Å². The molecule has 2 heterocycles. The van der Waals surface area contributed by atoms with Crippen LogP contribution in [0, 0.1) is 0 Å². The van der Waals surface area contributed by atoms with Crippen LogP contribution in [-0.4, -0.2) is 16.3 Å². The molecule has 4 nitrogen and oxygen atoms in total. The van der Waals surface area contributed by atoms with Crippen molar-refractivity contribution in [3.8, 4) is 0 Å². The largest absolute Gasteiger partial charge is 0.469 e. The van der Waals surface area contributed by atoms with E-state index in [0.717, 1.165) is 31.7 Å². The van der Waals surface area contributed by atoms with Crippen LogP contribution in [0.4, 0.5) is 0 Å². The van der Waals surface area contributed by atoms with Gasteiger partial charge in [-0.25, -0.2) is 0 Å². The molecule has 4 heteroatoms. The van der Waals surface area contributed by atoms with E-state index in [2.05, 4.69) is 30.5 Å². The first-order valence-electron chi connectivity index (χ1n) is 6.61. The summed E-state index contributed by atoms with van der Waals surface area (Å²) in [5.41, 5.74) is 1.25. The molecule has 0 aliphatic rings. The Morgan fingerprint density at radius 2 is 2.33 bits per heavy atom. The highest BCUT2D eigenvalue weighted by molar-refractivity contribution is 5.11. The zero-order valence-corrected chi connectivity index (χ0v) is 11.1. The van der Waals surface area contributed by atoms with Crippen LogP contribution < -0.4 is 5.32 Å². The van der Waals surface area contributed by atoms with Gasteiger partial charge in [0.2, 0.25) is 0 Å². The van der Waals surface area contributed by atoms with E-state index in [9.17, 15) is 0 Å². The number of nitrogens with zero attached hydrogens (tertiary/aromatic N) is 2. The SMILES string of the molecule is CCNC(CCc1ccco1)c1cnn(CC)c1. The first-order chi connectivity index (χ1) is 8.83. The molecule has 0 aliphatic heterocycles. The maximum atomic E-state index is 5.38. The zero-order valence-electron chi connectivity index (χ0n) is 11.1. The van der Waals surface area contributed by atoms with E-state index in [1.807, 2.05) is 23.0 Å². The summed E-state index contributed by atoms with van der Waals surface area (Å²) in [6.07, 6.45) is 7.78. The monoisotopic (exact) mass is 247 g/mol. The predicted octanol–water partition coefficient (Wildman–Crippen LogP) is 2.78. The standard InChI is InChI=1S/C14H21N3O/c1-3-15-14(8-7-13-6-5-9-18-13)12-10-16-17(4-2)11-12/h5-6,9-11,14-15H,3-4,7-8H2,1-2H3. The molecule has 1 atom stereocenters. The van der Waals surface area contributed by atoms with Gasteiger partial charge >= 0.3 is 0 Å². The summed E-state index contributed by atoms with van der Waals surface area (Å²) in [7, 11) is 0. The third-order valence-electron chi connectivity index (χ3n) is 3.09. The van der Waals surface area contributed by atoms with Crippen molar-refractivity contribution in [2.24, 2.45) is 0 Å². The highest BCUT2D eigenvalue weighted by Crippen LogP contribution is 2.19. The molecule has 0 radical (unpaired) electrons. The summed E-state index contributed by atoms with van der Waals surface area (Å²) in [5.74, 6) is 1.04. The molecule has 0 aromatic carbocycles. The summed E-state index contributed by atoms with van der Waals surface area (Å²) >= 11 is 0. The first kappa shape index (κ1) is 12.9. The van der Waals surface area contributed by atoms with E-state index in [4.69, 9.17) is 4.42 Å². The molecule has 98 valence electrons. The number of aryl methyl sites for hydroxylation is 2. The Morgan fingerprint density at radius 1 is 1.44 bits per heavy atom. The molecule has 0 spiro atoms. The minimum Gasteiger partial charge on any atom is -0.469 e. The Bertz CT molecular complexity index is 447. The highest BCUT2D eigenvalue weighted by atomic mass is 16.3. The summed E-state index contributed by atoms with van der Waals surface area (Å²) < 4.78 is 7.34. The fourth-order valence-corrected chi connectivity index (χ4v) is 2.11. The van der Waals surface area contributed by atoms with Crippen molar-refractivity contribution in [1.29, 1.82) is 0 Å². The molecule has 2 rings (SSSR count). The normalized spacial score (nSPS) is 12.8. The van der Waals surface area contributed by atoms with Crippen molar-refractivity contribution in [3.05, 3.63) is 42.1 Å². The summed E-state index contributed by atoms with van der Waals surface area (Å²) in [4.78, 5) is 0. The first-order valence-corrected chi connectivity index (χ1v) is 6.61. The summed E-state index contributed by atoms with van der Waals surface area (Å²) in [6.45, 7) is 6.10. The molecule has 2 aromatic rings. The van der Waals surface area contributed by atoms with E-state index in [1.165, 1.54) is 5.56 Å². The molecular weight excluding hydrogens is 226 g/mol. The third-order valence-corrected chi connectivity index (χ3v) is 3.09. The Labute approximate surface area is 108 Å². The van der Waals surface area contributed by atoms with Gasteiger partial charge in [0.05, 0.1) is 12.5 Å². The molecule has 0 aliphatic carbocycles. The Balaban J connectivity index is 1.98. The van der Waals surface area contributed by atoms with Crippen molar-refractivity contribution in [2.75, 3.05) is 6.54 Å². The van der Waals surface area contributed by atoms with Gasteiger partial charge in [-0.2, -0.15) is 5.10 Å². The second kappa shape index (κ2) is 6.40. The number of hydrogen-bond donors (Lipinski definition) is 1. The average molecular weight is 247 g/mol. The molecule has 0 bridgehead atoms. The van der Waals surface area contributed by atoms with E-state index < -0.39 is 0 Å². The minimum atomic E-state index is 0.348. The van der Waals surface area contributed by atoms with E-state index in [1.54, 1.807) is 6.26 Å². The van der Waals surface area contributed by atoms with Crippen LogP contribution >= 0.6 is 0 Å². The van der Waals surface area contributed by atoms with Gasteiger partial charge < -0.3 is 9.73 Å². The predicted molar refractivity (Wildman–Crippen MR) is 71.3 cm³/mol. The molecule has 0 fully saturated rings. The number of aromatic nitrogens is 2. The van der Waals surface area contributed by atoms with Gasteiger partial charge in [0, 0.05) is 30.8 Å². The van der Waals surface area contributed by atoms with Crippen molar-refractivity contribution >= 4 is 0 Å². The molecular formula is C14H21N3O. The molecule has 1 N–H and O–H groups in total. The maximum Gasteiger partial charge on any atom is 0.103 e. The number of hydrogen-bond acceptors (Lipinski definition) is 3. The van der Waals surface area contributed by atoms with Gasteiger partial charge in [-0.3, -0.25) is 4.68 Å². The Hall–Kier alpha value is -1.55. The van der Waals surface area contributed by atoms with Gasteiger partial charge in [0.1, 0.15) is 5.76 Å². The van der Waals surface area contributed by atoms with E-state index >= 15 is 0 Å². The summed E-state index contributed by atoms with van der Waals surface area (Å²) in [6, 6.07) is 4.31. The number of nitrogens with one attached hydrogen (secondary N) is 1. The van der Waals surface area contributed by atoms with E-state index in [-0.39, 0.29) is 0 Å². The second-order valence-electron chi connectivity index (χ2n) is 4.36. The zero-order chi connectivity index (χ0) is 12.8. The number of rotatable bonds is 7. The van der Waals surface area contributed by atoms with Crippen LogP contribution in [0.15, 0.2) is 35.2 Å². The third kappa shape index (κ3) is 3.23. The smallest absolute Gasteiger partial charge is 0.103 e. The van der Waals surface area contributed by atoms with Crippen LogP contribution in [0.2, 0.25) is 0 Å². The van der Waals surface area contributed by atoms with Crippen LogP contribution in [0.1, 0.15) is 37.6 Å². The van der Waals surface area contributed by atoms with Crippen molar-refractivity contribution in [3.63, 3.8) is 0 Å². The topological polar surface area (TPSA) is 43.0 Å². The van der Waals surface area contributed by atoms with Crippen molar-refractivity contribution < 1.29 is 4.42 Å². The lowest BCUT2D eigenvalue weighted by Gasteiger charge is -2.15. The maximum absolute atomic E-state index is 5.38.